The number of nitrogens with zero attached hydrogens (tertiary/aromatic N) is 1. The number of carbonyl (C=O) groups is 1. The molecule has 0 radical (unpaired) electrons. The zero-order valence-corrected chi connectivity index (χ0v) is 12.4. The van der Waals surface area contributed by atoms with Crippen LogP contribution in [0.2, 0.25) is 0 Å². The Kier molecular flexibility index (Phi) is 4.09. The van der Waals surface area contributed by atoms with Gasteiger partial charge in [0.1, 0.15) is 5.69 Å². The second-order valence-electron chi connectivity index (χ2n) is 5.55. The van der Waals surface area contributed by atoms with Crippen LogP contribution in [0, 0.1) is 0 Å². The Bertz CT molecular complexity index is 630. The summed E-state index contributed by atoms with van der Waals surface area (Å²) in [5, 5.41) is 0. The third kappa shape index (κ3) is 2.87. The molecular formula is C18H21NO2. The Morgan fingerprint density at radius 1 is 1.29 bits per heavy atom. The van der Waals surface area contributed by atoms with E-state index in [-0.39, 0.29) is 5.97 Å². The number of rotatable bonds is 4. The molecule has 0 fully saturated rings. The van der Waals surface area contributed by atoms with Gasteiger partial charge in [0.05, 0.1) is 6.61 Å². The summed E-state index contributed by atoms with van der Waals surface area (Å²) in [6, 6.07) is 12.4. The predicted molar refractivity (Wildman–Crippen MR) is 82.5 cm³/mol. The molecule has 3 rings (SSSR count). The van der Waals surface area contributed by atoms with Crippen molar-refractivity contribution in [3.63, 3.8) is 0 Å². The normalized spacial score (nSPS) is 17.3. The number of hydrogen-bond acceptors (Lipinski definition) is 2. The van der Waals surface area contributed by atoms with Crippen molar-refractivity contribution in [3.8, 4) is 0 Å². The SMILES string of the molecule is CCOC(=O)c1cccn1CC1CCCc2ccccc21. The van der Waals surface area contributed by atoms with Gasteiger partial charge in [-0.25, -0.2) is 4.79 Å². The molecule has 0 spiro atoms. The predicted octanol–water partition coefficient (Wildman–Crippen LogP) is 3.78. The van der Waals surface area contributed by atoms with Crippen LogP contribution in [0.4, 0.5) is 0 Å². The lowest BCUT2D eigenvalue weighted by Gasteiger charge is -2.26. The molecule has 0 saturated heterocycles. The van der Waals surface area contributed by atoms with E-state index in [1.54, 1.807) is 0 Å². The van der Waals surface area contributed by atoms with Gasteiger partial charge in [-0.1, -0.05) is 24.3 Å². The van der Waals surface area contributed by atoms with Crippen molar-refractivity contribution in [1.29, 1.82) is 0 Å². The minimum absolute atomic E-state index is 0.230. The average molecular weight is 283 g/mol. The van der Waals surface area contributed by atoms with Crippen molar-refractivity contribution in [1.82, 2.24) is 4.57 Å². The Morgan fingerprint density at radius 3 is 3.00 bits per heavy atom. The Labute approximate surface area is 125 Å². The van der Waals surface area contributed by atoms with Gasteiger partial charge in [-0.15, -0.1) is 0 Å². The minimum Gasteiger partial charge on any atom is -0.461 e. The van der Waals surface area contributed by atoms with Crippen LogP contribution in [0.3, 0.4) is 0 Å². The lowest BCUT2D eigenvalue weighted by Crippen LogP contribution is -2.18. The molecule has 1 aromatic heterocycles. The molecule has 1 aliphatic carbocycles. The minimum atomic E-state index is -0.230. The first-order chi connectivity index (χ1) is 10.3. The van der Waals surface area contributed by atoms with Crippen molar-refractivity contribution >= 4 is 5.97 Å². The molecule has 1 aliphatic rings. The molecule has 0 amide bonds. The Hall–Kier alpha value is -2.03. The smallest absolute Gasteiger partial charge is 0.354 e. The van der Waals surface area contributed by atoms with E-state index in [0.29, 0.717) is 18.2 Å². The van der Waals surface area contributed by atoms with Gasteiger partial charge < -0.3 is 9.30 Å². The summed E-state index contributed by atoms with van der Waals surface area (Å²) >= 11 is 0. The van der Waals surface area contributed by atoms with Crippen molar-refractivity contribution in [2.45, 2.75) is 38.6 Å². The van der Waals surface area contributed by atoms with Crippen LogP contribution in [-0.2, 0) is 17.7 Å². The number of fused-ring (bicyclic) bond motifs is 1. The highest BCUT2D eigenvalue weighted by molar-refractivity contribution is 5.87. The largest absolute Gasteiger partial charge is 0.461 e. The second kappa shape index (κ2) is 6.17. The van der Waals surface area contributed by atoms with E-state index in [0.717, 1.165) is 6.54 Å². The van der Waals surface area contributed by atoms with E-state index in [9.17, 15) is 4.79 Å². The molecule has 1 unspecified atom stereocenters. The van der Waals surface area contributed by atoms with Crippen LogP contribution in [0.5, 0.6) is 0 Å². The zero-order valence-electron chi connectivity index (χ0n) is 12.4. The van der Waals surface area contributed by atoms with Gasteiger partial charge in [0.25, 0.3) is 0 Å². The molecule has 1 atom stereocenters. The topological polar surface area (TPSA) is 31.2 Å². The number of aromatic nitrogens is 1. The number of ether oxygens (including phenoxy) is 1. The summed E-state index contributed by atoms with van der Waals surface area (Å²) in [5.74, 6) is 0.252. The lowest BCUT2D eigenvalue weighted by molar-refractivity contribution is 0.0513. The fraction of sp³-hybridized carbons (Fsp3) is 0.389. The van der Waals surface area contributed by atoms with E-state index in [4.69, 9.17) is 4.74 Å². The van der Waals surface area contributed by atoms with Crippen LogP contribution >= 0.6 is 0 Å². The Morgan fingerprint density at radius 2 is 2.14 bits per heavy atom. The van der Waals surface area contributed by atoms with Gasteiger partial charge in [0, 0.05) is 18.7 Å². The van der Waals surface area contributed by atoms with Crippen molar-refractivity contribution in [3.05, 3.63) is 59.4 Å². The van der Waals surface area contributed by atoms with Gasteiger partial charge in [-0.2, -0.15) is 0 Å². The molecule has 3 heteroatoms. The molecule has 21 heavy (non-hydrogen) atoms. The maximum atomic E-state index is 12.0. The molecule has 0 saturated carbocycles. The molecule has 2 aromatic rings. The first kappa shape index (κ1) is 13.9. The summed E-state index contributed by atoms with van der Waals surface area (Å²) in [5.41, 5.74) is 3.55. The summed E-state index contributed by atoms with van der Waals surface area (Å²) < 4.78 is 7.16. The van der Waals surface area contributed by atoms with E-state index in [1.165, 1.54) is 30.4 Å². The van der Waals surface area contributed by atoms with Crippen molar-refractivity contribution < 1.29 is 9.53 Å². The fourth-order valence-electron chi connectivity index (χ4n) is 3.25. The lowest BCUT2D eigenvalue weighted by atomic mass is 9.83. The summed E-state index contributed by atoms with van der Waals surface area (Å²) in [4.78, 5) is 12.0. The van der Waals surface area contributed by atoms with E-state index >= 15 is 0 Å². The van der Waals surface area contributed by atoms with E-state index in [1.807, 2.05) is 29.8 Å². The maximum Gasteiger partial charge on any atom is 0.354 e. The van der Waals surface area contributed by atoms with E-state index < -0.39 is 0 Å². The van der Waals surface area contributed by atoms with Gasteiger partial charge in [-0.3, -0.25) is 0 Å². The molecular weight excluding hydrogens is 262 g/mol. The number of aryl methyl sites for hydroxylation is 1. The third-order valence-electron chi connectivity index (χ3n) is 4.22. The van der Waals surface area contributed by atoms with Crippen LogP contribution in [0.25, 0.3) is 0 Å². The molecule has 110 valence electrons. The highest BCUT2D eigenvalue weighted by Crippen LogP contribution is 2.33. The second-order valence-corrected chi connectivity index (χ2v) is 5.55. The van der Waals surface area contributed by atoms with Gasteiger partial charge in [0.2, 0.25) is 0 Å². The molecule has 3 nitrogen and oxygen atoms in total. The summed E-state index contributed by atoms with van der Waals surface area (Å²) in [6.45, 7) is 3.09. The summed E-state index contributed by atoms with van der Waals surface area (Å²) in [6.07, 6.45) is 5.54. The quantitative estimate of drug-likeness (QED) is 0.799. The van der Waals surface area contributed by atoms with Crippen LogP contribution in [0.1, 0.15) is 47.3 Å². The molecule has 0 N–H and O–H groups in total. The number of hydrogen-bond donors (Lipinski definition) is 0. The third-order valence-corrected chi connectivity index (χ3v) is 4.22. The molecule has 0 aliphatic heterocycles. The number of benzene rings is 1. The fourth-order valence-corrected chi connectivity index (χ4v) is 3.25. The number of carbonyl (C=O) groups excluding carboxylic acids is 1. The molecule has 0 bridgehead atoms. The number of esters is 1. The van der Waals surface area contributed by atoms with Crippen molar-refractivity contribution in [2.75, 3.05) is 6.61 Å². The summed E-state index contributed by atoms with van der Waals surface area (Å²) in [7, 11) is 0. The highest BCUT2D eigenvalue weighted by atomic mass is 16.5. The standard InChI is InChI=1S/C18H21NO2/c1-2-21-18(20)17-11-6-12-19(17)13-15-9-5-8-14-7-3-4-10-16(14)15/h3-4,6-7,10-12,15H,2,5,8-9,13H2,1H3. The van der Waals surface area contributed by atoms with Crippen LogP contribution < -0.4 is 0 Å². The average Bonchev–Trinajstić information content (AvgIpc) is 2.96. The van der Waals surface area contributed by atoms with Gasteiger partial charge in [0.15, 0.2) is 0 Å². The first-order valence-electron chi connectivity index (χ1n) is 7.69. The molecule has 1 heterocycles. The maximum absolute atomic E-state index is 12.0. The van der Waals surface area contributed by atoms with Crippen molar-refractivity contribution in [2.24, 2.45) is 0 Å². The first-order valence-corrected chi connectivity index (χ1v) is 7.69. The Balaban J connectivity index is 1.82. The zero-order chi connectivity index (χ0) is 14.7. The van der Waals surface area contributed by atoms with Crippen LogP contribution in [0.15, 0.2) is 42.6 Å². The highest BCUT2D eigenvalue weighted by Gasteiger charge is 2.22. The van der Waals surface area contributed by atoms with Gasteiger partial charge >= 0.3 is 5.97 Å². The van der Waals surface area contributed by atoms with Crippen LogP contribution in [-0.4, -0.2) is 17.1 Å². The molecule has 1 aromatic carbocycles. The van der Waals surface area contributed by atoms with Gasteiger partial charge in [-0.05, 0) is 49.4 Å². The monoisotopic (exact) mass is 283 g/mol. The van der Waals surface area contributed by atoms with E-state index in [2.05, 4.69) is 24.3 Å².